The number of fused-ring (bicyclic) bond motifs is 1. The van der Waals surface area contributed by atoms with Crippen LogP contribution in [-0.2, 0) is 9.84 Å². The van der Waals surface area contributed by atoms with E-state index in [-0.39, 0.29) is 23.5 Å². The summed E-state index contributed by atoms with van der Waals surface area (Å²) in [6.07, 6.45) is 0.455. The highest BCUT2D eigenvalue weighted by Gasteiger charge is 2.32. The van der Waals surface area contributed by atoms with E-state index in [1.807, 2.05) is 50.2 Å². The minimum Gasteiger partial charge on any atom is -0.497 e. The number of carbonyl (C=O) groups is 1. The van der Waals surface area contributed by atoms with Crippen LogP contribution in [0.25, 0.3) is 22.3 Å². The molecule has 5 rings (SSSR count). The van der Waals surface area contributed by atoms with E-state index in [1.165, 1.54) is 0 Å². The van der Waals surface area contributed by atoms with Crippen LogP contribution in [0.1, 0.15) is 35.4 Å². The average molecular weight is 521 g/mol. The molecule has 0 radical (unpaired) electrons. The number of anilines is 1. The average Bonchev–Trinajstić information content (AvgIpc) is 3.43. The van der Waals surface area contributed by atoms with Gasteiger partial charge in [0.05, 0.1) is 59.3 Å². The molecule has 2 aromatic carbocycles. The van der Waals surface area contributed by atoms with E-state index in [0.29, 0.717) is 58.2 Å². The first-order valence-corrected chi connectivity index (χ1v) is 13.9. The Morgan fingerprint density at radius 1 is 1.16 bits per heavy atom. The van der Waals surface area contributed by atoms with Crippen molar-refractivity contribution in [3.63, 3.8) is 0 Å². The Kier molecular flexibility index (Phi) is 6.59. The van der Waals surface area contributed by atoms with Gasteiger partial charge >= 0.3 is 0 Å². The van der Waals surface area contributed by atoms with Crippen LogP contribution in [0.5, 0.6) is 11.5 Å². The third kappa shape index (κ3) is 4.89. The van der Waals surface area contributed by atoms with Gasteiger partial charge in [0.1, 0.15) is 11.5 Å². The summed E-state index contributed by atoms with van der Waals surface area (Å²) in [6.45, 7) is 4.15. The Morgan fingerprint density at radius 2 is 1.92 bits per heavy atom. The minimum absolute atomic E-state index is 0.000918. The van der Waals surface area contributed by atoms with Crippen molar-refractivity contribution in [2.24, 2.45) is 0 Å². The van der Waals surface area contributed by atoms with Crippen LogP contribution in [0.2, 0.25) is 0 Å². The second-order valence-electron chi connectivity index (χ2n) is 8.95. The number of rotatable bonds is 7. The number of hydrogen-bond donors (Lipinski definition) is 1. The zero-order valence-electron chi connectivity index (χ0n) is 20.9. The van der Waals surface area contributed by atoms with Gasteiger partial charge in [0.2, 0.25) is 0 Å². The molecule has 9 nitrogen and oxygen atoms in total. The van der Waals surface area contributed by atoms with E-state index in [4.69, 9.17) is 14.5 Å². The van der Waals surface area contributed by atoms with Crippen molar-refractivity contribution in [2.75, 3.05) is 30.5 Å². The smallest absolute Gasteiger partial charge is 0.256 e. The van der Waals surface area contributed by atoms with Crippen molar-refractivity contribution in [1.29, 1.82) is 0 Å². The van der Waals surface area contributed by atoms with Crippen molar-refractivity contribution in [2.45, 2.75) is 26.3 Å². The van der Waals surface area contributed by atoms with Gasteiger partial charge in [-0.25, -0.2) is 18.1 Å². The molecule has 37 heavy (non-hydrogen) atoms. The van der Waals surface area contributed by atoms with Crippen molar-refractivity contribution >= 4 is 32.5 Å². The second kappa shape index (κ2) is 9.85. The monoisotopic (exact) mass is 520 g/mol. The molecule has 2 aromatic heterocycles. The molecule has 1 unspecified atom stereocenters. The van der Waals surface area contributed by atoms with Gasteiger partial charge in [-0.15, -0.1) is 0 Å². The van der Waals surface area contributed by atoms with Crippen molar-refractivity contribution in [3.8, 4) is 22.8 Å². The number of aryl methyl sites for hydroxylation is 1. The lowest BCUT2D eigenvalue weighted by atomic mass is 10.0. The summed E-state index contributed by atoms with van der Waals surface area (Å²) in [6, 6.07) is 16.0. The fourth-order valence-corrected chi connectivity index (χ4v) is 6.36. The molecule has 0 aliphatic carbocycles. The van der Waals surface area contributed by atoms with Crippen LogP contribution in [0.4, 0.5) is 5.69 Å². The summed E-state index contributed by atoms with van der Waals surface area (Å²) in [5.74, 6) is 1.05. The molecule has 1 aliphatic heterocycles. The molecule has 3 heterocycles. The molecule has 0 spiro atoms. The maximum atomic E-state index is 13.7. The zero-order chi connectivity index (χ0) is 26.2. The SMILES string of the molecule is CCOc1ccccc1NC(=O)c1cc(-c2ccc(OC)cc2)nc2c1c(C)nn2C1CCS(=O)(=O)C1. The third-order valence-corrected chi connectivity index (χ3v) is 8.21. The lowest BCUT2D eigenvalue weighted by Crippen LogP contribution is -2.15. The van der Waals surface area contributed by atoms with Gasteiger partial charge in [0.25, 0.3) is 5.91 Å². The van der Waals surface area contributed by atoms with E-state index in [0.717, 1.165) is 5.56 Å². The number of pyridine rings is 1. The van der Waals surface area contributed by atoms with E-state index in [1.54, 1.807) is 30.0 Å². The number of amides is 1. The molecule has 1 N–H and O–H groups in total. The highest BCUT2D eigenvalue weighted by atomic mass is 32.2. The van der Waals surface area contributed by atoms with Crippen molar-refractivity contribution in [1.82, 2.24) is 14.8 Å². The lowest BCUT2D eigenvalue weighted by Gasteiger charge is -2.14. The van der Waals surface area contributed by atoms with Crippen LogP contribution < -0.4 is 14.8 Å². The molecule has 10 heteroatoms. The molecular weight excluding hydrogens is 492 g/mol. The highest BCUT2D eigenvalue weighted by molar-refractivity contribution is 7.91. The summed E-state index contributed by atoms with van der Waals surface area (Å²) >= 11 is 0. The largest absolute Gasteiger partial charge is 0.497 e. The van der Waals surface area contributed by atoms with E-state index >= 15 is 0 Å². The highest BCUT2D eigenvalue weighted by Crippen LogP contribution is 2.33. The lowest BCUT2D eigenvalue weighted by molar-refractivity contribution is 0.102. The van der Waals surface area contributed by atoms with Crippen molar-refractivity contribution in [3.05, 3.63) is 65.9 Å². The fraction of sp³-hybridized carbons (Fsp3) is 0.296. The molecule has 1 saturated heterocycles. The summed E-state index contributed by atoms with van der Waals surface area (Å²) in [4.78, 5) is 18.6. The third-order valence-electron chi connectivity index (χ3n) is 6.46. The summed E-state index contributed by atoms with van der Waals surface area (Å²) in [7, 11) is -1.55. The van der Waals surface area contributed by atoms with Crippen LogP contribution >= 0.6 is 0 Å². The molecule has 0 saturated carbocycles. The molecule has 1 aliphatic rings. The topological polar surface area (TPSA) is 112 Å². The first-order valence-electron chi connectivity index (χ1n) is 12.1. The molecule has 4 aromatic rings. The number of para-hydroxylation sites is 2. The number of sulfone groups is 1. The zero-order valence-corrected chi connectivity index (χ0v) is 21.7. The van der Waals surface area contributed by atoms with Gasteiger partial charge in [-0.1, -0.05) is 12.1 Å². The van der Waals surface area contributed by atoms with Gasteiger partial charge in [-0.05, 0) is 62.7 Å². The number of ether oxygens (including phenoxy) is 2. The van der Waals surface area contributed by atoms with Crippen LogP contribution in [0.15, 0.2) is 54.6 Å². The fourth-order valence-electron chi connectivity index (χ4n) is 4.67. The Morgan fingerprint density at radius 3 is 2.59 bits per heavy atom. The standard InChI is InChI=1S/C27H28N4O5S/c1-4-36-24-8-6-5-7-22(24)29-27(32)21-15-23(18-9-11-20(35-3)12-10-18)28-26-25(21)17(2)30-31(26)19-13-14-37(33,34)16-19/h5-12,15,19H,4,13-14,16H2,1-3H3,(H,29,32). The predicted molar refractivity (Wildman–Crippen MR) is 142 cm³/mol. The maximum Gasteiger partial charge on any atom is 0.256 e. The molecule has 0 bridgehead atoms. The molecule has 1 fully saturated rings. The van der Waals surface area contributed by atoms with E-state index < -0.39 is 9.84 Å². The van der Waals surface area contributed by atoms with Crippen LogP contribution in [0, 0.1) is 6.92 Å². The number of methoxy groups -OCH3 is 1. The van der Waals surface area contributed by atoms with E-state index in [2.05, 4.69) is 10.4 Å². The molecule has 192 valence electrons. The molecular formula is C27H28N4O5S. The van der Waals surface area contributed by atoms with Gasteiger partial charge < -0.3 is 14.8 Å². The van der Waals surface area contributed by atoms with Gasteiger partial charge in [0, 0.05) is 5.56 Å². The van der Waals surface area contributed by atoms with Gasteiger partial charge in [-0.2, -0.15) is 5.10 Å². The first-order chi connectivity index (χ1) is 17.8. The van der Waals surface area contributed by atoms with Crippen LogP contribution in [0.3, 0.4) is 0 Å². The maximum absolute atomic E-state index is 13.7. The van der Waals surface area contributed by atoms with E-state index in [9.17, 15) is 13.2 Å². The Balaban J connectivity index is 1.65. The van der Waals surface area contributed by atoms with Gasteiger partial charge in [0.15, 0.2) is 15.5 Å². The number of carbonyl (C=O) groups excluding carboxylic acids is 1. The number of benzene rings is 2. The number of nitrogens with zero attached hydrogens (tertiary/aromatic N) is 3. The Bertz CT molecular complexity index is 1580. The Hall–Kier alpha value is -3.92. The number of hydrogen-bond acceptors (Lipinski definition) is 7. The summed E-state index contributed by atoms with van der Waals surface area (Å²) < 4.78 is 37.1. The number of nitrogens with one attached hydrogen (secondary N) is 1. The first kappa shape index (κ1) is 24.8. The summed E-state index contributed by atoms with van der Waals surface area (Å²) in [5, 5.41) is 8.23. The normalized spacial score (nSPS) is 16.6. The molecule has 1 atom stereocenters. The minimum atomic E-state index is -3.15. The summed E-state index contributed by atoms with van der Waals surface area (Å²) in [5.41, 5.74) is 3.40. The van der Waals surface area contributed by atoms with Crippen LogP contribution in [-0.4, -0.2) is 54.3 Å². The Labute approximate surface area is 215 Å². The second-order valence-corrected chi connectivity index (χ2v) is 11.2. The van der Waals surface area contributed by atoms with Gasteiger partial charge in [-0.3, -0.25) is 4.79 Å². The van der Waals surface area contributed by atoms with Crippen molar-refractivity contribution < 1.29 is 22.7 Å². The quantitative estimate of drug-likeness (QED) is 0.384. The number of aromatic nitrogens is 3. The predicted octanol–water partition coefficient (Wildman–Crippen LogP) is 4.43. The molecule has 1 amide bonds.